The van der Waals surface area contributed by atoms with Gasteiger partial charge in [-0.2, -0.15) is 0 Å². The van der Waals surface area contributed by atoms with Gasteiger partial charge < -0.3 is 16.2 Å². The van der Waals surface area contributed by atoms with Gasteiger partial charge in [0.2, 0.25) is 5.91 Å². The fourth-order valence-electron chi connectivity index (χ4n) is 1.96. The molecule has 0 aliphatic heterocycles. The van der Waals surface area contributed by atoms with Crippen LogP contribution in [-0.2, 0) is 4.79 Å². The van der Waals surface area contributed by atoms with E-state index in [9.17, 15) is 4.79 Å². The molecule has 0 saturated heterocycles. The van der Waals surface area contributed by atoms with Crippen LogP contribution in [0.2, 0.25) is 0 Å². The number of aliphatic hydroxyl groups excluding tert-OH is 1. The second-order valence-corrected chi connectivity index (χ2v) is 4.92. The average Bonchev–Trinajstić information content (AvgIpc) is 2.45. The number of nitrogens with one attached hydrogen (secondary N) is 1. The summed E-state index contributed by atoms with van der Waals surface area (Å²) in [6.45, 7) is 3.13. The molecule has 0 aromatic heterocycles. The monoisotopic (exact) mass is 264 g/mol. The van der Waals surface area contributed by atoms with Crippen LogP contribution in [0.3, 0.4) is 0 Å². The Labute approximate surface area is 115 Å². The summed E-state index contributed by atoms with van der Waals surface area (Å²) in [5.74, 6) is -0.0156. The molecule has 4 nitrogen and oxygen atoms in total. The van der Waals surface area contributed by atoms with E-state index in [2.05, 4.69) is 5.32 Å². The zero-order chi connectivity index (χ0) is 14.1. The van der Waals surface area contributed by atoms with Gasteiger partial charge in [0, 0.05) is 19.7 Å². The predicted octanol–water partition coefficient (Wildman–Crippen LogP) is 1.25. The molecule has 2 atom stereocenters. The van der Waals surface area contributed by atoms with Crippen LogP contribution in [0.4, 0.5) is 0 Å². The summed E-state index contributed by atoms with van der Waals surface area (Å²) in [6, 6.07) is 9.59. The van der Waals surface area contributed by atoms with Gasteiger partial charge in [-0.3, -0.25) is 4.79 Å². The molecular weight excluding hydrogens is 240 g/mol. The third-order valence-corrected chi connectivity index (χ3v) is 3.24. The number of amides is 1. The molecule has 1 aromatic rings. The maximum absolute atomic E-state index is 12.0. The minimum absolute atomic E-state index is 0.0228. The first-order valence-corrected chi connectivity index (χ1v) is 6.82. The lowest BCUT2D eigenvalue weighted by molar-refractivity contribution is -0.122. The summed E-state index contributed by atoms with van der Waals surface area (Å²) >= 11 is 0. The number of hydrogen-bond donors (Lipinski definition) is 3. The Morgan fingerprint density at radius 3 is 2.63 bits per heavy atom. The average molecular weight is 264 g/mol. The molecule has 1 amide bonds. The molecule has 106 valence electrons. The van der Waals surface area contributed by atoms with Gasteiger partial charge in [0.1, 0.15) is 0 Å². The van der Waals surface area contributed by atoms with Crippen molar-refractivity contribution in [1.29, 1.82) is 0 Å². The zero-order valence-electron chi connectivity index (χ0n) is 11.5. The van der Waals surface area contributed by atoms with E-state index in [4.69, 9.17) is 10.8 Å². The molecule has 0 radical (unpaired) electrons. The van der Waals surface area contributed by atoms with Crippen molar-refractivity contribution in [3.8, 4) is 0 Å². The van der Waals surface area contributed by atoms with Crippen molar-refractivity contribution in [1.82, 2.24) is 5.32 Å². The SMILES string of the molecule is CC(CO)CCCNC(=O)C(CN)c1ccccc1. The van der Waals surface area contributed by atoms with Crippen LogP contribution in [0.5, 0.6) is 0 Å². The number of nitrogens with two attached hydrogens (primary N) is 1. The highest BCUT2D eigenvalue weighted by atomic mass is 16.3. The second-order valence-electron chi connectivity index (χ2n) is 4.92. The van der Waals surface area contributed by atoms with Crippen LogP contribution in [0, 0.1) is 5.92 Å². The lowest BCUT2D eigenvalue weighted by Gasteiger charge is -2.15. The van der Waals surface area contributed by atoms with Crippen molar-refractivity contribution in [3.63, 3.8) is 0 Å². The van der Waals surface area contributed by atoms with Gasteiger partial charge in [-0.25, -0.2) is 0 Å². The van der Waals surface area contributed by atoms with Crippen LogP contribution < -0.4 is 11.1 Å². The molecule has 4 heteroatoms. The van der Waals surface area contributed by atoms with Gasteiger partial charge in [0.25, 0.3) is 0 Å². The summed E-state index contributed by atoms with van der Waals surface area (Å²) in [6.07, 6.45) is 1.79. The van der Waals surface area contributed by atoms with Crippen molar-refractivity contribution < 1.29 is 9.90 Å². The molecule has 0 aliphatic rings. The Hall–Kier alpha value is -1.39. The second kappa shape index (κ2) is 8.67. The van der Waals surface area contributed by atoms with E-state index in [-0.39, 0.29) is 24.3 Å². The number of hydrogen-bond acceptors (Lipinski definition) is 3. The van der Waals surface area contributed by atoms with E-state index < -0.39 is 0 Å². The molecule has 0 bridgehead atoms. The van der Waals surface area contributed by atoms with Gasteiger partial charge >= 0.3 is 0 Å². The standard InChI is InChI=1S/C15H24N2O2/c1-12(11-18)6-5-9-17-15(19)14(10-16)13-7-3-2-4-8-13/h2-4,7-8,12,14,18H,5-6,9-11,16H2,1H3,(H,17,19). The number of aliphatic hydroxyl groups is 1. The number of rotatable bonds is 8. The number of carbonyl (C=O) groups is 1. The smallest absolute Gasteiger partial charge is 0.228 e. The molecule has 0 heterocycles. The lowest BCUT2D eigenvalue weighted by Crippen LogP contribution is -2.34. The minimum atomic E-state index is -0.281. The Balaban J connectivity index is 2.39. The van der Waals surface area contributed by atoms with Crippen LogP contribution >= 0.6 is 0 Å². The maximum atomic E-state index is 12.0. The Bertz CT molecular complexity index is 368. The minimum Gasteiger partial charge on any atom is -0.396 e. The number of carbonyl (C=O) groups excluding carboxylic acids is 1. The fourth-order valence-corrected chi connectivity index (χ4v) is 1.96. The molecule has 4 N–H and O–H groups in total. The molecule has 1 aromatic carbocycles. The molecule has 1 rings (SSSR count). The van der Waals surface area contributed by atoms with Gasteiger partial charge in [-0.05, 0) is 24.3 Å². The third-order valence-electron chi connectivity index (χ3n) is 3.24. The van der Waals surface area contributed by atoms with Crippen LogP contribution in [0.25, 0.3) is 0 Å². The van der Waals surface area contributed by atoms with E-state index in [0.29, 0.717) is 13.1 Å². The molecule has 0 spiro atoms. The van der Waals surface area contributed by atoms with Gasteiger partial charge in [0.15, 0.2) is 0 Å². The largest absolute Gasteiger partial charge is 0.396 e. The summed E-state index contributed by atoms with van der Waals surface area (Å²) in [7, 11) is 0. The zero-order valence-corrected chi connectivity index (χ0v) is 11.5. The van der Waals surface area contributed by atoms with Crippen LogP contribution in [0.15, 0.2) is 30.3 Å². The normalized spacial score (nSPS) is 13.8. The summed E-state index contributed by atoms with van der Waals surface area (Å²) in [5.41, 5.74) is 6.64. The highest BCUT2D eigenvalue weighted by Gasteiger charge is 2.17. The van der Waals surface area contributed by atoms with Gasteiger partial charge in [-0.15, -0.1) is 0 Å². The van der Waals surface area contributed by atoms with E-state index in [1.54, 1.807) is 0 Å². The quantitative estimate of drug-likeness (QED) is 0.619. The fraction of sp³-hybridized carbons (Fsp3) is 0.533. The molecule has 2 unspecified atom stereocenters. The Morgan fingerprint density at radius 1 is 1.37 bits per heavy atom. The third kappa shape index (κ3) is 5.41. The highest BCUT2D eigenvalue weighted by molar-refractivity contribution is 5.83. The maximum Gasteiger partial charge on any atom is 0.228 e. The molecule has 0 aliphatic carbocycles. The Kier molecular flexibility index (Phi) is 7.15. The van der Waals surface area contributed by atoms with Gasteiger partial charge in [0.05, 0.1) is 5.92 Å². The molecule has 19 heavy (non-hydrogen) atoms. The van der Waals surface area contributed by atoms with Crippen molar-refractivity contribution >= 4 is 5.91 Å². The van der Waals surface area contributed by atoms with E-state index >= 15 is 0 Å². The van der Waals surface area contributed by atoms with Crippen molar-refractivity contribution in [2.75, 3.05) is 19.7 Å². The summed E-state index contributed by atoms with van der Waals surface area (Å²) in [5, 5.41) is 11.8. The first kappa shape index (κ1) is 15.7. The molecule has 0 saturated carbocycles. The number of benzene rings is 1. The first-order chi connectivity index (χ1) is 9.19. The Morgan fingerprint density at radius 2 is 2.05 bits per heavy atom. The predicted molar refractivity (Wildman–Crippen MR) is 76.7 cm³/mol. The first-order valence-electron chi connectivity index (χ1n) is 6.82. The molecule has 0 fully saturated rings. The summed E-state index contributed by atoms with van der Waals surface area (Å²) in [4.78, 5) is 12.0. The van der Waals surface area contributed by atoms with Gasteiger partial charge in [-0.1, -0.05) is 37.3 Å². The van der Waals surface area contributed by atoms with Crippen LogP contribution in [0.1, 0.15) is 31.2 Å². The van der Waals surface area contributed by atoms with Crippen molar-refractivity contribution in [2.24, 2.45) is 11.7 Å². The summed E-state index contributed by atoms with van der Waals surface area (Å²) < 4.78 is 0. The lowest BCUT2D eigenvalue weighted by atomic mass is 9.98. The van der Waals surface area contributed by atoms with E-state index in [0.717, 1.165) is 18.4 Å². The topological polar surface area (TPSA) is 75.3 Å². The van der Waals surface area contributed by atoms with Crippen LogP contribution in [-0.4, -0.2) is 30.7 Å². The molecular formula is C15H24N2O2. The highest BCUT2D eigenvalue weighted by Crippen LogP contribution is 2.14. The van der Waals surface area contributed by atoms with Crippen molar-refractivity contribution in [2.45, 2.75) is 25.7 Å². The van der Waals surface area contributed by atoms with Crippen molar-refractivity contribution in [3.05, 3.63) is 35.9 Å². The van der Waals surface area contributed by atoms with E-state index in [1.807, 2.05) is 37.3 Å². The van der Waals surface area contributed by atoms with E-state index in [1.165, 1.54) is 0 Å².